The van der Waals surface area contributed by atoms with Gasteiger partial charge in [0.2, 0.25) is 0 Å². The largest absolute Gasteiger partial charge is 0.309 e. The van der Waals surface area contributed by atoms with Crippen LogP contribution in [-0.4, -0.2) is 32.1 Å². The molecule has 0 amide bonds. The zero-order chi connectivity index (χ0) is 8.53. The van der Waals surface area contributed by atoms with Crippen molar-refractivity contribution < 1.29 is 0 Å². The van der Waals surface area contributed by atoms with Crippen molar-refractivity contribution in [2.45, 2.75) is 25.7 Å². The van der Waals surface area contributed by atoms with Gasteiger partial charge in [0.05, 0.1) is 0 Å². The molecule has 0 spiro atoms. The van der Waals surface area contributed by atoms with Crippen molar-refractivity contribution >= 4 is 11.8 Å². The summed E-state index contributed by atoms with van der Waals surface area (Å²) in [5.41, 5.74) is 0. The molecule has 0 bridgehead atoms. The van der Waals surface area contributed by atoms with Gasteiger partial charge in [-0.15, -0.1) is 0 Å². The Labute approximate surface area is 75.0 Å². The minimum Gasteiger partial charge on any atom is -0.309 e. The van der Waals surface area contributed by atoms with Gasteiger partial charge in [-0.05, 0) is 45.3 Å². The van der Waals surface area contributed by atoms with Gasteiger partial charge in [-0.25, -0.2) is 4.84 Å². The van der Waals surface area contributed by atoms with E-state index in [9.17, 15) is 0 Å². The third-order valence-corrected chi connectivity index (χ3v) is 1.82. The van der Waals surface area contributed by atoms with E-state index in [0.29, 0.717) is 0 Å². The first kappa shape index (κ1) is 11.2. The van der Waals surface area contributed by atoms with Crippen LogP contribution in [0.5, 0.6) is 0 Å². The Balaban J connectivity index is 2.80. The minimum atomic E-state index is 0.934. The molecule has 0 aliphatic rings. The van der Waals surface area contributed by atoms with Crippen LogP contribution in [0, 0.1) is 0 Å². The molecule has 11 heavy (non-hydrogen) atoms. The molecule has 3 heteroatoms. The van der Waals surface area contributed by atoms with Gasteiger partial charge >= 0.3 is 0 Å². The quantitative estimate of drug-likeness (QED) is 0.473. The van der Waals surface area contributed by atoms with Crippen LogP contribution in [0.25, 0.3) is 0 Å². The van der Waals surface area contributed by atoms with Gasteiger partial charge in [-0.1, -0.05) is 12.8 Å². The van der Waals surface area contributed by atoms with Gasteiger partial charge in [-0.2, -0.15) is 0 Å². The number of hydrogen-bond donors (Lipinski definition) is 1. The van der Waals surface area contributed by atoms with Crippen molar-refractivity contribution in [1.82, 2.24) is 9.74 Å². The molecule has 0 unspecified atom stereocenters. The molecule has 0 aromatic carbocycles. The second-order valence-electron chi connectivity index (χ2n) is 3.10. The van der Waals surface area contributed by atoms with Gasteiger partial charge in [0, 0.05) is 6.54 Å². The van der Waals surface area contributed by atoms with E-state index < -0.39 is 0 Å². The predicted molar refractivity (Wildman–Crippen MR) is 50.9 cm³/mol. The number of nitrogens with one attached hydrogen (secondary N) is 1. The average Bonchev–Trinajstić information content (AvgIpc) is 1.96. The molecule has 0 aliphatic heterocycles. The van der Waals surface area contributed by atoms with E-state index in [2.05, 4.69) is 23.8 Å². The van der Waals surface area contributed by atoms with Crippen LogP contribution in [-0.2, 0) is 0 Å². The third-order valence-electron chi connectivity index (χ3n) is 1.63. The van der Waals surface area contributed by atoms with Crippen molar-refractivity contribution in [2.24, 2.45) is 0 Å². The maximum absolute atomic E-state index is 5.31. The van der Waals surface area contributed by atoms with E-state index in [4.69, 9.17) is 11.8 Å². The highest BCUT2D eigenvalue weighted by Gasteiger charge is 1.90. The van der Waals surface area contributed by atoms with Crippen molar-refractivity contribution in [3.05, 3.63) is 0 Å². The highest BCUT2D eigenvalue weighted by molar-refractivity contribution is 6.13. The summed E-state index contributed by atoms with van der Waals surface area (Å²) in [6.45, 7) is 2.14. The molecular formula is C8H19ClN2. The van der Waals surface area contributed by atoms with E-state index in [-0.39, 0.29) is 0 Å². The fourth-order valence-corrected chi connectivity index (χ4v) is 1.11. The van der Waals surface area contributed by atoms with Crippen LogP contribution < -0.4 is 4.84 Å². The SMILES string of the molecule is CN(C)CCCCCCNCl. The van der Waals surface area contributed by atoms with Gasteiger partial charge in [0.15, 0.2) is 0 Å². The zero-order valence-corrected chi connectivity index (χ0v) is 8.32. The number of halogens is 1. The maximum Gasteiger partial charge on any atom is 0.0108 e. The summed E-state index contributed by atoms with van der Waals surface area (Å²) in [5, 5.41) is 0. The van der Waals surface area contributed by atoms with Crippen LogP contribution in [0.3, 0.4) is 0 Å². The summed E-state index contributed by atoms with van der Waals surface area (Å²) >= 11 is 5.31. The number of rotatable bonds is 7. The number of nitrogens with zero attached hydrogens (tertiary/aromatic N) is 1. The molecule has 0 aliphatic carbocycles. The lowest BCUT2D eigenvalue weighted by atomic mass is 10.2. The lowest BCUT2D eigenvalue weighted by Gasteiger charge is -2.08. The Hall–Kier alpha value is 0.210. The van der Waals surface area contributed by atoms with Crippen LogP contribution in [0.15, 0.2) is 0 Å². The summed E-state index contributed by atoms with van der Waals surface area (Å²) < 4.78 is 0. The molecule has 68 valence electrons. The van der Waals surface area contributed by atoms with Gasteiger partial charge < -0.3 is 4.90 Å². The predicted octanol–water partition coefficient (Wildman–Crippen LogP) is 1.85. The Morgan fingerprint density at radius 3 is 2.27 bits per heavy atom. The molecule has 0 radical (unpaired) electrons. The summed E-state index contributed by atoms with van der Waals surface area (Å²) in [5.74, 6) is 0. The summed E-state index contributed by atoms with van der Waals surface area (Å²) in [4.78, 5) is 4.85. The monoisotopic (exact) mass is 178 g/mol. The van der Waals surface area contributed by atoms with Crippen LogP contribution in [0.4, 0.5) is 0 Å². The molecule has 2 nitrogen and oxygen atoms in total. The topological polar surface area (TPSA) is 15.3 Å². The molecule has 0 saturated heterocycles. The van der Waals surface area contributed by atoms with Crippen molar-refractivity contribution in [3.63, 3.8) is 0 Å². The molecule has 0 atom stereocenters. The molecule has 0 heterocycles. The van der Waals surface area contributed by atoms with Crippen LogP contribution >= 0.6 is 11.8 Å². The fourth-order valence-electron chi connectivity index (χ4n) is 0.973. The maximum atomic E-state index is 5.31. The molecule has 0 aromatic rings. The molecule has 1 N–H and O–H groups in total. The number of unbranched alkanes of at least 4 members (excludes halogenated alkanes) is 3. The Kier molecular flexibility index (Phi) is 8.47. The summed E-state index contributed by atoms with van der Waals surface area (Å²) in [6, 6.07) is 0. The summed E-state index contributed by atoms with van der Waals surface area (Å²) in [6.07, 6.45) is 5.09. The van der Waals surface area contributed by atoms with Crippen molar-refractivity contribution in [1.29, 1.82) is 0 Å². The summed E-state index contributed by atoms with van der Waals surface area (Å²) in [7, 11) is 4.22. The van der Waals surface area contributed by atoms with E-state index in [0.717, 1.165) is 6.54 Å². The molecular weight excluding hydrogens is 160 g/mol. The smallest absolute Gasteiger partial charge is 0.0108 e. The van der Waals surface area contributed by atoms with Gasteiger partial charge in [-0.3, -0.25) is 0 Å². The molecule has 0 saturated carbocycles. The second kappa shape index (κ2) is 8.31. The lowest BCUT2D eigenvalue weighted by molar-refractivity contribution is 0.390. The first-order valence-corrected chi connectivity index (χ1v) is 4.63. The average molecular weight is 179 g/mol. The van der Waals surface area contributed by atoms with Crippen LogP contribution in [0.2, 0.25) is 0 Å². The third kappa shape index (κ3) is 10.2. The first-order chi connectivity index (χ1) is 5.27. The molecule has 0 fully saturated rings. The van der Waals surface area contributed by atoms with E-state index in [1.165, 1.54) is 32.2 Å². The number of hydrogen-bond acceptors (Lipinski definition) is 2. The minimum absolute atomic E-state index is 0.934. The molecule has 0 aromatic heterocycles. The van der Waals surface area contributed by atoms with E-state index in [1.54, 1.807) is 0 Å². The first-order valence-electron chi connectivity index (χ1n) is 4.25. The normalized spacial score (nSPS) is 10.9. The fraction of sp³-hybridized carbons (Fsp3) is 1.00. The van der Waals surface area contributed by atoms with Gasteiger partial charge in [0.25, 0.3) is 0 Å². The van der Waals surface area contributed by atoms with Gasteiger partial charge in [0.1, 0.15) is 0 Å². The van der Waals surface area contributed by atoms with Crippen molar-refractivity contribution in [3.8, 4) is 0 Å². The Morgan fingerprint density at radius 2 is 1.73 bits per heavy atom. The Bertz CT molecular complexity index is 76.5. The van der Waals surface area contributed by atoms with Crippen molar-refractivity contribution in [2.75, 3.05) is 27.2 Å². The highest BCUT2D eigenvalue weighted by Crippen LogP contribution is 1.99. The highest BCUT2D eigenvalue weighted by atomic mass is 35.5. The molecule has 0 rings (SSSR count). The lowest BCUT2D eigenvalue weighted by Crippen LogP contribution is -2.12. The second-order valence-corrected chi connectivity index (χ2v) is 3.37. The zero-order valence-electron chi connectivity index (χ0n) is 7.57. The standard InChI is InChI=1S/C8H19ClN2/c1-11(2)8-6-4-3-5-7-10-9/h10H,3-8H2,1-2H3. The van der Waals surface area contributed by atoms with Crippen LogP contribution in [0.1, 0.15) is 25.7 Å². The Morgan fingerprint density at radius 1 is 1.09 bits per heavy atom. The van der Waals surface area contributed by atoms with E-state index in [1.807, 2.05) is 0 Å². The van der Waals surface area contributed by atoms with E-state index >= 15 is 0 Å².